The van der Waals surface area contributed by atoms with Crippen LogP contribution in [0.2, 0.25) is 0 Å². The van der Waals surface area contributed by atoms with Crippen LogP contribution in [0.5, 0.6) is 0 Å². The van der Waals surface area contributed by atoms with Crippen LogP contribution in [-0.4, -0.2) is 0 Å². The predicted octanol–water partition coefficient (Wildman–Crippen LogP) is -1.42. The summed E-state index contributed by atoms with van der Waals surface area (Å²) in [5.74, 6) is 0. The van der Waals surface area contributed by atoms with Gasteiger partial charge in [0, 0.05) is 0 Å². The van der Waals surface area contributed by atoms with Crippen molar-refractivity contribution < 1.29 is 51.4 Å². The summed E-state index contributed by atoms with van der Waals surface area (Å²) in [4.78, 5) is 0. The molecule has 0 nitrogen and oxygen atoms in total. The molecule has 0 rings (SSSR count). The van der Waals surface area contributed by atoms with Gasteiger partial charge < -0.3 is 0 Å². The number of hydrogen-bond acceptors (Lipinski definition) is 0. The Balaban J connectivity index is 0. The van der Waals surface area contributed by atoms with Crippen LogP contribution >= 0.6 is 11.6 Å². The monoisotopic (exact) mass is 114 g/mol. The third-order valence-electron chi connectivity index (χ3n) is 0. The molecule has 0 aromatic carbocycles. The zero-order valence-corrected chi connectivity index (χ0v) is 7.17. The van der Waals surface area contributed by atoms with Gasteiger partial charge in [-0.1, -0.05) is 0 Å². The van der Waals surface area contributed by atoms with Crippen LogP contribution < -0.4 is 51.4 Å². The second-order valence-electron chi connectivity index (χ2n) is 0.517. The second-order valence-corrected chi connectivity index (χ2v) is 1.05. The van der Waals surface area contributed by atoms with E-state index in [1.807, 2.05) is 0 Å². The largest absolute Gasteiger partial charge is 1.00 e. The summed E-state index contributed by atoms with van der Waals surface area (Å²) >= 11 is 4.97. The molecule has 0 amide bonds. The Kier molecular flexibility index (Phi) is 10.8. The van der Waals surface area contributed by atoms with Gasteiger partial charge in [0.2, 0.25) is 0 Å². The van der Waals surface area contributed by atoms with Gasteiger partial charge in [-0.15, -0.1) is 16.6 Å². The summed E-state index contributed by atoms with van der Waals surface area (Å²) in [6.45, 7) is 6.42. The van der Waals surface area contributed by atoms with E-state index >= 15 is 0 Å². The molecule has 0 aromatic rings. The van der Waals surface area contributed by atoms with Crippen molar-refractivity contribution in [2.24, 2.45) is 0 Å². The number of rotatable bonds is 0. The van der Waals surface area contributed by atoms with E-state index in [2.05, 4.69) is 13.5 Å². The first kappa shape index (κ1) is 9.74. The molecule has 24 valence electrons. The Labute approximate surface area is 80.0 Å². The van der Waals surface area contributed by atoms with Crippen LogP contribution in [0.3, 0.4) is 0 Å². The molecule has 5 heavy (non-hydrogen) atoms. The molecule has 0 aliphatic heterocycles. The zero-order chi connectivity index (χ0) is 3.58. The SMILES string of the molecule is C=C([CH2-])Cl.[K+]. The van der Waals surface area contributed by atoms with Crippen molar-refractivity contribution in [3.63, 3.8) is 0 Å². The summed E-state index contributed by atoms with van der Waals surface area (Å²) in [7, 11) is 0. The average Bonchev–Trinajstić information content (AvgIpc) is 0.811. The molecule has 0 aromatic heterocycles. The summed E-state index contributed by atoms with van der Waals surface area (Å²) in [6, 6.07) is 0. The minimum atomic E-state index is 0. The standard InChI is InChI=1S/C3H4Cl.K/c1-3(2)4;/h1-2H2;/q-1;+1. The molecule has 0 aliphatic rings. The Hall–Kier alpha value is 1.54. The summed E-state index contributed by atoms with van der Waals surface area (Å²) in [6.07, 6.45) is 0. The van der Waals surface area contributed by atoms with Gasteiger partial charge in [-0.25, -0.2) is 13.5 Å². The quantitative estimate of drug-likeness (QED) is 0.268. The minimum Gasteiger partial charge on any atom is -0.227 e. The Morgan fingerprint density at radius 2 is 1.80 bits per heavy atom. The maximum atomic E-state index is 4.97. The molecule has 2 heteroatoms. The van der Waals surface area contributed by atoms with Gasteiger partial charge in [0.25, 0.3) is 0 Å². The Bertz CT molecular complexity index is 29.9. The predicted molar refractivity (Wildman–Crippen MR) is 20.3 cm³/mol. The van der Waals surface area contributed by atoms with Crippen molar-refractivity contribution in [2.45, 2.75) is 0 Å². The molecule has 0 spiro atoms. The Morgan fingerprint density at radius 1 is 1.80 bits per heavy atom. The summed E-state index contributed by atoms with van der Waals surface area (Å²) in [5, 5.41) is 0.389. The molecule has 0 radical (unpaired) electrons. The fraction of sp³-hybridized carbons (Fsp3) is 0. The zero-order valence-electron chi connectivity index (χ0n) is 3.29. The molecule has 0 bridgehead atoms. The van der Waals surface area contributed by atoms with Crippen molar-refractivity contribution in [1.29, 1.82) is 0 Å². The Morgan fingerprint density at radius 3 is 1.80 bits per heavy atom. The molecule has 0 saturated heterocycles. The molecular weight excluding hydrogens is 111 g/mol. The van der Waals surface area contributed by atoms with Gasteiger partial charge >= 0.3 is 51.4 Å². The van der Waals surface area contributed by atoms with Crippen molar-refractivity contribution in [3.8, 4) is 0 Å². The molecule has 0 atom stereocenters. The van der Waals surface area contributed by atoms with E-state index in [0.29, 0.717) is 5.03 Å². The topological polar surface area (TPSA) is 0 Å². The first-order valence-electron chi connectivity index (χ1n) is 0.896. The molecule has 0 N–H and O–H groups in total. The van der Waals surface area contributed by atoms with E-state index in [4.69, 9.17) is 11.6 Å². The molecule has 0 saturated carbocycles. The van der Waals surface area contributed by atoms with Crippen LogP contribution in [0.4, 0.5) is 0 Å². The minimum absolute atomic E-state index is 0. The third-order valence-corrected chi connectivity index (χ3v) is 0. The third kappa shape index (κ3) is 29.3. The van der Waals surface area contributed by atoms with E-state index in [1.54, 1.807) is 0 Å². The summed E-state index contributed by atoms with van der Waals surface area (Å²) < 4.78 is 0. The fourth-order valence-corrected chi connectivity index (χ4v) is 0. The maximum absolute atomic E-state index is 4.97. The first-order valence-corrected chi connectivity index (χ1v) is 1.27. The fourth-order valence-electron chi connectivity index (χ4n) is 0. The molecular formula is C3H4ClK. The summed E-state index contributed by atoms with van der Waals surface area (Å²) in [5.41, 5.74) is 0. The van der Waals surface area contributed by atoms with Gasteiger partial charge in [0.1, 0.15) is 0 Å². The van der Waals surface area contributed by atoms with Crippen molar-refractivity contribution in [3.05, 3.63) is 18.5 Å². The van der Waals surface area contributed by atoms with E-state index in [0.717, 1.165) is 0 Å². The molecule has 0 heterocycles. The normalized spacial score (nSPS) is 5.00. The van der Waals surface area contributed by atoms with Crippen LogP contribution in [-0.2, 0) is 0 Å². The first-order chi connectivity index (χ1) is 1.73. The molecule has 0 unspecified atom stereocenters. The van der Waals surface area contributed by atoms with Gasteiger partial charge in [-0.3, -0.25) is 0 Å². The molecule has 0 fully saturated rings. The van der Waals surface area contributed by atoms with Crippen LogP contribution in [0.15, 0.2) is 11.6 Å². The number of hydrogen-bond donors (Lipinski definition) is 0. The van der Waals surface area contributed by atoms with E-state index in [9.17, 15) is 0 Å². The second kappa shape index (κ2) is 5.54. The molecule has 0 aliphatic carbocycles. The van der Waals surface area contributed by atoms with Crippen molar-refractivity contribution in [1.82, 2.24) is 0 Å². The van der Waals surface area contributed by atoms with E-state index in [1.165, 1.54) is 0 Å². The van der Waals surface area contributed by atoms with Gasteiger partial charge in [-0.2, -0.15) is 0 Å². The van der Waals surface area contributed by atoms with Crippen molar-refractivity contribution >= 4 is 11.6 Å². The van der Waals surface area contributed by atoms with Crippen LogP contribution in [0.25, 0.3) is 0 Å². The van der Waals surface area contributed by atoms with E-state index < -0.39 is 0 Å². The van der Waals surface area contributed by atoms with Gasteiger partial charge in [0.15, 0.2) is 0 Å². The van der Waals surface area contributed by atoms with Crippen LogP contribution in [0, 0.1) is 6.92 Å². The van der Waals surface area contributed by atoms with Gasteiger partial charge in [-0.05, 0) is 0 Å². The number of allylic oxidation sites excluding steroid dienone is 1. The average molecular weight is 115 g/mol. The smallest absolute Gasteiger partial charge is 0.227 e. The van der Waals surface area contributed by atoms with E-state index in [-0.39, 0.29) is 51.4 Å². The number of halogens is 1. The van der Waals surface area contributed by atoms with Gasteiger partial charge in [0.05, 0.1) is 0 Å². The van der Waals surface area contributed by atoms with Crippen LogP contribution in [0.1, 0.15) is 0 Å². The van der Waals surface area contributed by atoms with Crippen molar-refractivity contribution in [2.75, 3.05) is 0 Å². The maximum Gasteiger partial charge on any atom is 1.00 e.